The third-order valence-electron chi connectivity index (χ3n) is 8.30. The number of ether oxygens (including phenoxy) is 1. The zero-order valence-corrected chi connectivity index (χ0v) is 23.8. The lowest BCUT2D eigenvalue weighted by molar-refractivity contribution is 0.0695. The van der Waals surface area contributed by atoms with Gasteiger partial charge >= 0.3 is 5.97 Å². The molecule has 11 heteroatoms. The number of carboxylic acid groups (broad SMARTS) is 1. The van der Waals surface area contributed by atoms with Crippen LogP contribution in [0.15, 0.2) is 59.8 Å². The molecule has 1 atom stereocenters. The summed E-state index contributed by atoms with van der Waals surface area (Å²) >= 11 is 0. The fourth-order valence-corrected chi connectivity index (χ4v) is 5.80. The maximum atomic E-state index is 14.1. The van der Waals surface area contributed by atoms with Gasteiger partial charge in [0, 0.05) is 49.1 Å². The van der Waals surface area contributed by atoms with E-state index in [1.807, 2.05) is 25.1 Å². The highest BCUT2D eigenvalue weighted by molar-refractivity contribution is 5.94. The first-order valence-electron chi connectivity index (χ1n) is 14.0. The molecule has 6 rings (SSSR count). The van der Waals surface area contributed by atoms with E-state index in [9.17, 15) is 19.1 Å². The molecule has 2 aliphatic rings. The second-order valence-corrected chi connectivity index (χ2v) is 11.2. The van der Waals surface area contributed by atoms with Gasteiger partial charge in [0.2, 0.25) is 11.3 Å². The molecule has 2 aliphatic heterocycles. The molecule has 10 nitrogen and oxygen atoms in total. The van der Waals surface area contributed by atoms with Gasteiger partial charge in [0.1, 0.15) is 18.0 Å². The highest BCUT2D eigenvalue weighted by Gasteiger charge is 2.30. The highest BCUT2D eigenvalue weighted by Crippen LogP contribution is 2.33. The van der Waals surface area contributed by atoms with Crippen LogP contribution in [0.4, 0.5) is 15.9 Å². The topological polar surface area (TPSA) is 104 Å². The maximum Gasteiger partial charge on any atom is 0.341 e. The Bertz CT molecular complexity index is 1700. The molecular formula is C31H33FN6O4. The Morgan fingerprint density at radius 2 is 2.00 bits per heavy atom. The van der Waals surface area contributed by atoms with Crippen LogP contribution in [0.2, 0.25) is 0 Å². The number of nitrogens with zero attached hydrogens (tertiary/aromatic N) is 6. The number of fused-ring (bicyclic) bond motifs is 1. The molecule has 0 amide bonds. The van der Waals surface area contributed by atoms with Crippen LogP contribution in [0.25, 0.3) is 16.6 Å². The van der Waals surface area contributed by atoms with Gasteiger partial charge in [-0.2, -0.15) is 0 Å². The predicted molar refractivity (Wildman–Crippen MR) is 159 cm³/mol. The fourth-order valence-electron chi connectivity index (χ4n) is 5.80. The molecule has 2 fully saturated rings. The van der Waals surface area contributed by atoms with Crippen LogP contribution in [0.1, 0.15) is 28.8 Å². The maximum absolute atomic E-state index is 14.1. The molecule has 1 N–H and O–H groups in total. The van der Waals surface area contributed by atoms with Gasteiger partial charge in [0.05, 0.1) is 23.4 Å². The summed E-state index contributed by atoms with van der Waals surface area (Å²) in [5.74, 6) is -0.966. The van der Waals surface area contributed by atoms with Gasteiger partial charge in [0.15, 0.2) is 5.82 Å². The molecule has 42 heavy (non-hydrogen) atoms. The molecule has 0 unspecified atom stereocenters. The smallest absolute Gasteiger partial charge is 0.341 e. The number of halogens is 1. The number of aryl methyl sites for hydroxylation is 1. The van der Waals surface area contributed by atoms with Crippen molar-refractivity contribution in [3.05, 3.63) is 82.2 Å². The number of hydrogen-bond donors (Lipinski definition) is 1. The zero-order chi connectivity index (χ0) is 29.5. The van der Waals surface area contributed by atoms with Crippen LogP contribution >= 0.6 is 0 Å². The third-order valence-corrected chi connectivity index (χ3v) is 8.30. The molecule has 0 bridgehead atoms. The number of pyridine rings is 3. The third kappa shape index (κ3) is 5.04. The van der Waals surface area contributed by atoms with Crippen molar-refractivity contribution in [3.63, 3.8) is 0 Å². The van der Waals surface area contributed by atoms with Gasteiger partial charge < -0.3 is 29.1 Å². The first-order chi connectivity index (χ1) is 20.2. The summed E-state index contributed by atoms with van der Waals surface area (Å²) in [5, 5.41) is 10.2. The van der Waals surface area contributed by atoms with Crippen molar-refractivity contribution in [3.8, 4) is 11.6 Å². The number of hydrogen-bond acceptors (Lipinski definition) is 8. The van der Waals surface area contributed by atoms with Gasteiger partial charge in [-0.05, 0) is 75.8 Å². The number of carbonyl (C=O) groups is 1. The number of aromatic nitrogens is 3. The van der Waals surface area contributed by atoms with E-state index in [1.54, 1.807) is 16.8 Å². The first-order valence-corrected chi connectivity index (χ1v) is 14.0. The standard InChI is InChI=1S/C31H33FN6O4/c1-19-12-23-27(13-26(19)37-11-5-6-21(37)18-42-30-25(32)7-4-10-33-30)38(17-24(29(23)39)31(40)41)20-8-9-28(34-14-20)36-15-22(16-36)35(2)3/h4,7-10,12-14,17,21-22H,5-6,11,15-16,18H2,1-3H3,(H,40,41)/t21-/m1/s1. The van der Waals surface area contributed by atoms with Gasteiger partial charge in [-0.15, -0.1) is 0 Å². The lowest BCUT2D eigenvalue weighted by Crippen LogP contribution is -2.57. The lowest BCUT2D eigenvalue weighted by atomic mass is 10.0. The molecule has 0 radical (unpaired) electrons. The van der Waals surface area contributed by atoms with Gasteiger partial charge in [-0.3, -0.25) is 4.79 Å². The summed E-state index contributed by atoms with van der Waals surface area (Å²) in [4.78, 5) is 40.6. The number of aromatic carboxylic acids is 1. The van der Waals surface area contributed by atoms with Crippen LogP contribution in [0.3, 0.4) is 0 Å². The van der Waals surface area contributed by atoms with Crippen molar-refractivity contribution in [1.29, 1.82) is 0 Å². The second kappa shape index (κ2) is 11.1. The van der Waals surface area contributed by atoms with Crippen molar-refractivity contribution < 1.29 is 19.0 Å². The fraction of sp³-hybridized carbons (Fsp3) is 0.355. The predicted octanol–water partition coefficient (Wildman–Crippen LogP) is 3.72. The van der Waals surface area contributed by atoms with E-state index < -0.39 is 17.2 Å². The van der Waals surface area contributed by atoms with Gasteiger partial charge in [-0.25, -0.2) is 19.2 Å². The van der Waals surface area contributed by atoms with E-state index in [1.165, 1.54) is 24.5 Å². The van der Waals surface area contributed by atoms with Crippen LogP contribution in [0, 0.1) is 12.7 Å². The monoisotopic (exact) mass is 572 g/mol. The number of anilines is 2. The highest BCUT2D eigenvalue weighted by atomic mass is 19.1. The summed E-state index contributed by atoms with van der Waals surface area (Å²) in [5.41, 5.74) is 2.14. The van der Waals surface area contributed by atoms with E-state index in [-0.39, 0.29) is 24.1 Å². The van der Waals surface area contributed by atoms with E-state index in [0.717, 1.165) is 49.5 Å². The molecule has 5 heterocycles. The average Bonchev–Trinajstić information content (AvgIpc) is 3.40. The molecule has 2 saturated heterocycles. The van der Waals surface area contributed by atoms with E-state index in [0.29, 0.717) is 22.6 Å². The summed E-state index contributed by atoms with van der Waals surface area (Å²) in [7, 11) is 4.13. The number of benzene rings is 1. The van der Waals surface area contributed by atoms with E-state index in [4.69, 9.17) is 4.74 Å². The summed E-state index contributed by atoms with van der Waals surface area (Å²) < 4.78 is 21.6. The average molecular weight is 573 g/mol. The Labute approximate surface area is 242 Å². The normalized spacial score (nSPS) is 17.2. The quantitative estimate of drug-likeness (QED) is 0.338. The molecule has 0 spiro atoms. The minimum atomic E-state index is -1.28. The molecule has 4 aromatic rings. The Hall–Kier alpha value is -4.51. The van der Waals surface area contributed by atoms with Crippen LogP contribution in [-0.2, 0) is 0 Å². The largest absolute Gasteiger partial charge is 0.477 e. The number of rotatable bonds is 8. The van der Waals surface area contributed by atoms with Crippen molar-refractivity contribution in [2.75, 3.05) is 50.1 Å². The minimum absolute atomic E-state index is 0.0236. The molecule has 0 aliphatic carbocycles. The van der Waals surface area contributed by atoms with Crippen molar-refractivity contribution in [2.24, 2.45) is 0 Å². The summed E-state index contributed by atoms with van der Waals surface area (Å²) in [6, 6.07) is 10.8. The van der Waals surface area contributed by atoms with Crippen LogP contribution in [-0.4, -0.2) is 82.9 Å². The van der Waals surface area contributed by atoms with Crippen molar-refractivity contribution >= 4 is 28.4 Å². The minimum Gasteiger partial charge on any atom is -0.477 e. The Kier molecular flexibility index (Phi) is 7.28. The Morgan fingerprint density at radius 3 is 2.69 bits per heavy atom. The van der Waals surface area contributed by atoms with Gasteiger partial charge in [0.25, 0.3) is 0 Å². The van der Waals surface area contributed by atoms with E-state index in [2.05, 4.69) is 38.8 Å². The molecule has 218 valence electrons. The molecular weight excluding hydrogens is 539 g/mol. The number of carboxylic acids is 1. The van der Waals surface area contributed by atoms with Crippen LogP contribution < -0.4 is 20.0 Å². The Morgan fingerprint density at radius 1 is 1.19 bits per heavy atom. The van der Waals surface area contributed by atoms with Gasteiger partial charge in [-0.1, -0.05) is 0 Å². The zero-order valence-electron chi connectivity index (χ0n) is 23.8. The summed E-state index contributed by atoms with van der Waals surface area (Å²) in [6.07, 6.45) is 6.36. The van der Waals surface area contributed by atoms with E-state index >= 15 is 0 Å². The molecule has 1 aromatic carbocycles. The molecule has 0 saturated carbocycles. The van der Waals surface area contributed by atoms with Crippen LogP contribution in [0.5, 0.6) is 5.88 Å². The van der Waals surface area contributed by atoms with Crippen molar-refractivity contribution in [1.82, 2.24) is 19.4 Å². The summed E-state index contributed by atoms with van der Waals surface area (Å²) in [6.45, 7) is 4.71. The second-order valence-electron chi connectivity index (χ2n) is 11.2. The lowest BCUT2D eigenvalue weighted by Gasteiger charge is -2.43. The SMILES string of the molecule is Cc1cc2c(=O)c(C(=O)O)cn(-c3ccc(N4CC(N(C)C)C4)nc3)c2cc1N1CCC[C@@H]1COc1ncccc1F. The Balaban J connectivity index is 1.36. The number of likely N-dealkylation sites (N-methyl/N-ethyl adjacent to an activating group) is 1. The first kappa shape index (κ1) is 27.6. The molecule has 3 aromatic heterocycles. The van der Waals surface area contributed by atoms with Crippen molar-refractivity contribution in [2.45, 2.75) is 31.8 Å².